The van der Waals surface area contributed by atoms with Crippen LogP contribution in [0, 0.1) is 0 Å². The Morgan fingerprint density at radius 1 is 0.900 bits per heavy atom. The first-order chi connectivity index (χ1) is 14.4. The van der Waals surface area contributed by atoms with Crippen LogP contribution in [0.3, 0.4) is 0 Å². The fourth-order valence-electron chi connectivity index (χ4n) is 3.30. The van der Waals surface area contributed by atoms with Crippen LogP contribution in [0.25, 0.3) is 0 Å². The number of hydrogen-bond donors (Lipinski definition) is 1. The number of piperazine rings is 1. The second-order valence-electron chi connectivity index (χ2n) is 7.06. The van der Waals surface area contributed by atoms with Crippen molar-refractivity contribution in [3.63, 3.8) is 0 Å². The Bertz CT molecular complexity index is 913. The standard InChI is InChI=1S/C22H23Cl2N3O3/c23-17-6-7-18(19(24)15-17)22(30)27-12-10-26(11-13-27)21(29)8-9-25-20(28)14-16-4-2-1-3-5-16/h1-7,15H,8-14H2,(H,25,28). The minimum atomic E-state index is -0.169. The maximum Gasteiger partial charge on any atom is 0.255 e. The zero-order valence-electron chi connectivity index (χ0n) is 16.4. The molecule has 158 valence electrons. The summed E-state index contributed by atoms with van der Waals surface area (Å²) >= 11 is 12.0. The largest absolute Gasteiger partial charge is 0.355 e. The summed E-state index contributed by atoms with van der Waals surface area (Å²) in [5.41, 5.74) is 1.34. The van der Waals surface area contributed by atoms with Gasteiger partial charge in [0.1, 0.15) is 0 Å². The predicted octanol–water partition coefficient (Wildman–Crippen LogP) is 3.03. The SMILES string of the molecule is O=C(Cc1ccccc1)NCCC(=O)N1CCN(C(=O)c2ccc(Cl)cc2Cl)CC1. The van der Waals surface area contributed by atoms with Crippen molar-refractivity contribution in [3.05, 3.63) is 69.7 Å². The third-order valence-corrected chi connectivity index (χ3v) is 5.50. The molecular weight excluding hydrogens is 425 g/mol. The lowest BCUT2D eigenvalue weighted by Gasteiger charge is -2.35. The van der Waals surface area contributed by atoms with Crippen LogP contribution in [0.1, 0.15) is 22.3 Å². The van der Waals surface area contributed by atoms with Crippen LogP contribution in [0.4, 0.5) is 0 Å². The van der Waals surface area contributed by atoms with Crippen molar-refractivity contribution < 1.29 is 14.4 Å². The zero-order valence-corrected chi connectivity index (χ0v) is 18.0. The number of halogens is 2. The van der Waals surface area contributed by atoms with Crippen LogP contribution in [0.5, 0.6) is 0 Å². The number of rotatable bonds is 6. The fourth-order valence-corrected chi connectivity index (χ4v) is 3.79. The van der Waals surface area contributed by atoms with E-state index < -0.39 is 0 Å². The molecule has 8 heteroatoms. The zero-order chi connectivity index (χ0) is 21.5. The second-order valence-corrected chi connectivity index (χ2v) is 7.90. The number of amides is 3. The van der Waals surface area contributed by atoms with E-state index in [4.69, 9.17) is 23.2 Å². The number of carbonyl (C=O) groups excluding carboxylic acids is 3. The molecule has 3 amide bonds. The van der Waals surface area contributed by atoms with Gasteiger partial charge in [-0.25, -0.2) is 0 Å². The number of nitrogens with one attached hydrogen (secondary N) is 1. The number of hydrogen-bond acceptors (Lipinski definition) is 3. The maximum atomic E-state index is 12.7. The summed E-state index contributed by atoms with van der Waals surface area (Å²) in [7, 11) is 0. The smallest absolute Gasteiger partial charge is 0.255 e. The molecule has 2 aromatic rings. The molecule has 1 aliphatic rings. The van der Waals surface area contributed by atoms with E-state index in [9.17, 15) is 14.4 Å². The molecule has 1 aliphatic heterocycles. The van der Waals surface area contributed by atoms with E-state index in [2.05, 4.69) is 5.32 Å². The highest BCUT2D eigenvalue weighted by molar-refractivity contribution is 6.36. The molecule has 0 aromatic heterocycles. The normalized spacial score (nSPS) is 13.8. The fraction of sp³-hybridized carbons (Fsp3) is 0.318. The van der Waals surface area contributed by atoms with Crippen LogP contribution in [0.15, 0.2) is 48.5 Å². The molecule has 1 N–H and O–H groups in total. The van der Waals surface area contributed by atoms with Gasteiger partial charge in [0.2, 0.25) is 11.8 Å². The van der Waals surface area contributed by atoms with E-state index in [0.29, 0.717) is 54.8 Å². The van der Waals surface area contributed by atoms with Gasteiger partial charge in [-0.3, -0.25) is 14.4 Å². The molecular formula is C22H23Cl2N3O3. The summed E-state index contributed by atoms with van der Waals surface area (Å²) in [6.45, 7) is 2.07. The number of nitrogens with zero attached hydrogens (tertiary/aromatic N) is 2. The summed E-state index contributed by atoms with van der Waals surface area (Å²) < 4.78 is 0. The number of benzene rings is 2. The third-order valence-electron chi connectivity index (χ3n) is 4.95. The topological polar surface area (TPSA) is 69.7 Å². The molecule has 0 radical (unpaired) electrons. The van der Waals surface area contributed by atoms with Gasteiger partial charge in [0.05, 0.1) is 17.0 Å². The second kappa shape index (κ2) is 10.5. The maximum absolute atomic E-state index is 12.7. The van der Waals surface area contributed by atoms with E-state index in [0.717, 1.165) is 5.56 Å². The van der Waals surface area contributed by atoms with Crippen molar-refractivity contribution in [3.8, 4) is 0 Å². The molecule has 0 atom stereocenters. The van der Waals surface area contributed by atoms with E-state index in [1.54, 1.807) is 28.0 Å². The molecule has 0 saturated carbocycles. The minimum absolute atomic E-state index is 0.0355. The summed E-state index contributed by atoms with van der Waals surface area (Å²) in [6.07, 6.45) is 0.528. The summed E-state index contributed by atoms with van der Waals surface area (Å²) in [5, 5.41) is 3.58. The van der Waals surface area contributed by atoms with Crippen LogP contribution >= 0.6 is 23.2 Å². The van der Waals surface area contributed by atoms with Crippen molar-refractivity contribution >= 4 is 40.9 Å². The third kappa shape index (κ3) is 5.97. The van der Waals surface area contributed by atoms with Gasteiger partial charge in [-0.2, -0.15) is 0 Å². The molecule has 1 fully saturated rings. The first-order valence-electron chi connectivity index (χ1n) is 9.77. The van der Waals surface area contributed by atoms with Gasteiger partial charge in [0.15, 0.2) is 0 Å². The Morgan fingerprint density at radius 3 is 2.23 bits per heavy atom. The van der Waals surface area contributed by atoms with Crippen LogP contribution in [-0.2, 0) is 16.0 Å². The van der Waals surface area contributed by atoms with Gasteiger partial charge in [0, 0.05) is 44.2 Å². The van der Waals surface area contributed by atoms with Gasteiger partial charge in [-0.1, -0.05) is 53.5 Å². The quantitative estimate of drug-likeness (QED) is 0.739. The minimum Gasteiger partial charge on any atom is -0.355 e. The molecule has 0 spiro atoms. The Balaban J connectivity index is 1.40. The average Bonchev–Trinajstić information content (AvgIpc) is 2.74. The lowest BCUT2D eigenvalue weighted by Crippen LogP contribution is -2.51. The van der Waals surface area contributed by atoms with E-state index in [1.807, 2.05) is 30.3 Å². The highest BCUT2D eigenvalue weighted by atomic mass is 35.5. The van der Waals surface area contributed by atoms with Gasteiger partial charge < -0.3 is 15.1 Å². The Morgan fingerprint density at radius 2 is 1.57 bits per heavy atom. The lowest BCUT2D eigenvalue weighted by molar-refractivity contribution is -0.132. The van der Waals surface area contributed by atoms with Crippen molar-refractivity contribution in [1.29, 1.82) is 0 Å². The highest BCUT2D eigenvalue weighted by Crippen LogP contribution is 2.22. The first-order valence-corrected chi connectivity index (χ1v) is 10.5. The van der Waals surface area contributed by atoms with Crippen molar-refractivity contribution in [2.75, 3.05) is 32.7 Å². The van der Waals surface area contributed by atoms with E-state index in [1.165, 1.54) is 0 Å². The molecule has 1 heterocycles. The van der Waals surface area contributed by atoms with Crippen LogP contribution in [0.2, 0.25) is 10.0 Å². The molecule has 0 unspecified atom stereocenters. The molecule has 30 heavy (non-hydrogen) atoms. The molecule has 2 aromatic carbocycles. The van der Waals surface area contributed by atoms with Gasteiger partial charge in [-0.05, 0) is 23.8 Å². The van der Waals surface area contributed by atoms with Crippen molar-refractivity contribution in [1.82, 2.24) is 15.1 Å². The monoisotopic (exact) mass is 447 g/mol. The molecule has 1 saturated heterocycles. The van der Waals surface area contributed by atoms with E-state index in [-0.39, 0.29) is 24.1 Å². The van der Waals surface area contributed by atoms with Gasteiger partial charge in [-0.15, -0.1) is 0 Å². The molecule has 0 aliphatic carbocycles. The predicted molar refractivity (Wildman–Crippen MR) is 117 cm³/mol. The Labute approximate surface area is 185 Å². The summed E-state index contributed by atoms with van der Waals surface area (Å²) in [6, 6.07) is 14.2. The lowest BCUT2D eigenvalue weighted by atomic mass is 10.1. The Kier molecular flexibility index (Phi) is 7.71. The molecule has 3 rings (SSSR count). The van der Waals surface area contributed by atoms with Gasteiger partial charge in [0.25, 0.3) is 5.91 Å². The summed E-state index contributed by atoms with van der Waals surface area (Å²) in [5.74, 6) is -0.312. The highest BCUT2D eigenvalue weighted by Gasteiger charge is 2.25. The van der Waals surface area contributed by atoms with E-state index >= 15 is 0 Å². The number of carbonyl (C=O) groups is 3. The summed E-state index contributed by atoms with van der Waals surface area (Å²) in [4.78, 5) is 40.4. The molecule has 6 nitrogen and oxygen atoms in total. The van der Waals surface area contributed by atoms with Gasteiger partial charge >= 0.3 is 0 Å². The average molecular weight is 448 g/mol. The van der Waals surface area contributed by atoms with Crippen LogP contribution in [-0.4, -0.2) is 60.2 Å². The van der Waals surface area contributed by atoms with Crippen LogP contribution < -0.4 is 5.32 Å². The Hall–Kier alpha value is -2.57. The molecule has 0 bridgehead atoms. The van der Waals surface area contributed by atoms with Crippen molar-refractivity contribution in [2.24, 2.45) is 0 Å². The first kappa shape index (κ1) is 22.1. The van der Waals surface area contributed by atoms with Crippen molar-refractivity contribution in [2.45, 2.75) is 12.8 Å².